The molecular formula is C16H16FN3O. The summed E-state index contributed by atoms with van der Waals surface area (Å²) in [5, 5.41) is 2.96. The number of halogens is 1. The molecule has 4 nitrogen and oxygen atoms in total. The minimum Gasteiger partial charge on any atom is -0.324 e. The number of anilines is 2. The van der Waals surface area contributed by atoms with E-state index in [4.69, 9.17) is 0 Å². The van der Waals surface area contributed by atoms with Gasteiger partial charge in [0.15, 0.2) is 5.78 Å². The zero-order chi connectivity index (χ0) is 15.0. The second-order valence-electron chi connectivity index (χ2n) is 6.13. The summed E-state index contributed by atoms with van der Waals surface area (Å²) in [6.07, 6.45) is 2.80. The lowest BCUT2D eigenvalue weighted by atomic mass is 9.76. The van der Waals surface area contributed by atoms with Crippen molar-refractivity contribution in [1.82, 2.24) is 9.97 Å². The van der Waals surface area contributed by atoms with Crippen LogP contribution in [0, 0.1) is 11.2 Å². The van der Waals surface area contributed by atoms with Gasteiger partial charge in [-0.15, -0.1) is 0 Å². The Hall–Kier alpha value is -2.30. The molecule has 1 aliphatic rings. The van der Waals surface area contributed by atoms with Gasteiger partial charge in [0.2, 0.25) is 5.95 Å². The van der Waals surface area contributed by atoms with E-state index in [0.717, 1.165) is 12.1 Å². The number of fused-ring (bicyclic) bond motifs is 1. The van der Waals surface area contributed by atoms with Crippen LogP contribution in [0.2, 0.25) is 0 Å². The summed E-state index contributed by atoms with van der Waals surface area (Å²) in [6.45, 7) is 4.10. The molecule has 2 aromatic rings. The number of hydrogen-bond donors (Lipinski definition) is 1. The van der Waals surface area contributed by atoms with Crippen molar-refractivity contribution in [3.05, 3.63) is 47.5 Å². The highest BCUT2D eigenvalue weighted by Gasteiger charge is 2.32. The zero-order valence-corrected chi connectivity index (χ0v) is 12.0. The number of carbonyl (C=O) groups is 1. The van der Waals surface area contributed by atoms with Crippen LogP contribution < -0.4 is 5.32 Å². The van der Waals surface area contributed by atoms with Crippen molar-refractivity contribution in [2.45, 2.75) is 26.7 Å². The van der Waals surface area contributed by atoms with Gasteiger partial charge in [-0.2, -0.15) is 0 Å². The van der Waals surface area contributed by atoms with E-state index in [1.54, 1.807) is 18.3 Å². The molecule has 0 spiro atoms. The molecule has 0 radical (unpaired) electrons. The Morgan fingerprint density at radius 2 is 2.10 bits per heavy atom. The van der Waals surface area contributed by atoms with Crippen molar-refractivity contribution < 1.29 is 9.18 Å². The van der Waals surface area contributed by atoms with E-state index in [1.165, 1.54) is 12.1 Å². The Labute approximate surface area is 122 Å². The lowest BCUT2D eigenvalue weighted by Crippen LogP contribution is -2.28. The van der Waals surface area contributed by atoms with Gasteiger partial charge in [0, 0.05) is 18.3 Å². The minimum atomic E-state index is -0.325. The van der Waals surface area contributed by atoms with Crippen molar-refractivity contribution in [3.8, 4) is 0 Å². The van der Waals surface area contributed by atoms with E-state index in [-0.39, 0.29) is 17.0 Å². The summed E-state index contributed by atoms with van der Waals surface area (Å²) in [4.78, 5) is 20.6. The SMILES string of the molecule is CC1(C)CC(=O)c2cnc(Nc3cccc(F)c3)nc2C1. The molecule has 1 N–H and O–H groups in total. The second-order valence-corrected chi connectivity index (χ2v) is 6.13. The van der Waals surface area contributed by atoms with Crippen LogP contribution in [-0.2, 0) is 6.42 Å². The van der Waals surface area contributed by atoms with Gasteiger partial charge in [-0.25, -0.2) is 14.4 Å². The first-order chi connectivity index (χ1) is 9.93. The van der Waals surface area contributed by atoms with Gasteiger partial charge < -0.3 is 5.32 Å². The number of rotatable bonds is 2. The molecule has 3 rings (SSSR count). The van der Waals surface area contributed by atoms with Gasteiger partial charge in [-0.1, -0.05) is 19.9 Å². The first-order valence-corrected chi connectivity index (χ1v) is 6.85. The summed E-state index contributed by atoms with van der Waals surface area (Å²) >= 11 is 0. The molecule has 1 aromatic carbocycles. The van der Waals surface area contributed by atoms with Crippen LogP contribution in [0.5, 0.6) is 0 Å². The Balaban J connectivity index is 1.91. The summed E-state index contributed by atoms with van der Waals surface area (Å²) < 4.78 is 13.2. The molecule has 0 saturated heterocycles. The van der Waals surface area contributed by atoms with E-state index in [9.17, 15) is 9.18 Å². The summed E-state index contributed by atoms with van der Waals surface area (Å²) in [5.41, 5.74) is 1.84. The standard InChI is InChI=1S/C16H16FN3O/c1-16(2)7-13-12(14(21)8-16)9-18-15(20-13)19-11-5-3-4-10(17)6-11/h3-6,9H,7-8H2,1-2H3,(H,18,19,20). The summed E-state index contributed by atoms with van der Waals surface area (Å²) in [6, 6.07) is 6.10. The minimum absolute atomic E-state index is 0.0820. The van der Waals surface area contributed by atoms with E-state index < -0.39 is 0 Å². The van der Waals surface area contributed by atoms with Gasteiger partial charge in [0.05, 0.1) is 11.3 Å². The van der Waals surface area contributed by atoms with Crippen LogP contribution in [0.1, 0.15) is 36.3 Å². The highest BCUT2D eigenvalue weighted by atomic mass is 19.1. The largest absolute Gasteiger partial charge is 0.324 e. The maximum atomic E-state index is 13.2. The van der Waals surface area contributed by atoms with Gasteiger partial charge in [-0.3, -0.25) is 4.79 Å². The molecule has 0 amide bonds. The Morgan fingerprint density at radius 3 is 2.86 bits per heavy atom. The highest BCUT2D eigenvalue weighted by molar-refractivity contribution is 5.98. The number of benzene rings is 1. The van der Waals surface area contributed by atoms with Crippen molar-refractivity contribution in [1.29, 1.82) is 0 Å². The second kappa shape index (κ2) is 4.91. The predicted molar refractivity (Wildman–Crippen MR) is 78.1 cm³/mol. The fourth-order valence-electron chi connectivity index (χ4n) is 2.59. The topological polar surface area (TPSA) is 54.9 Å². The van der Waals surface area contributed by atoms with E-state index in [0.29, 0.717) is 23.6 Å². The number of nitrogens with one attached hydrogen (secondary N) is 1. The van der Waals surface area contributed by atoms with E-state index in [1.807, 2.05) is 0 Å². The van der Waals surface area contributed by atoms with Crippen molar-refractivity contribution in [2.75, 3.05) is 5.32 Å². The zero-order valence-electron chi connectivity index (χ0n) is 12.0. The van der Waals surface area contributed by atoms with E-state index >= 15 is 0 Å². The normalized spacial score (nSPS) is 16.4. The highest BCUT2D eigenvalue weighted by Crippen LogP contribution is 2.33. The van der Waals surface area contributed by atoms with Crippen LogP contribution in [0.3, 0.4) is 0 Å². The molecule has 1 heterocycles. The van der Waals surface area contributed by atoms with Crippen molar-refractivity contribution in [3.63, 3.8) is 0 Å². The number of hydrogen-bond acceptors (Lipinski definition) is 4. The lowest BCUT2D eigenvalue weighted by Gasteiger charge is -2.29. The fourth-order valence-corrected chi connectivity index (χ4v) is 2.59. The Morgan fingerprint density at radius 1 is 1.29 bits per heavy atom. The van der Waals surface area contributed by atoms with Crippen LogP contribution in [-0.4, -0.2) is 15.8 Å². The van der Waals surface area contributed by atoms with Crippen LogP contribution in [0.4, 0.5) is 16.0 Å². The third-order valence-corrected chi connectivity index (χ3v) is 3.53. The molecule has 1 aliphatic carbocycles. The molecule has 0 atom stereocenters. The maximum Gasteiger partial charge on any atom is 0.227 e. The number of ketones is 1. The van der Waals surface area contributed by atoms with Gasteiger partial charge in [-0.05, 0) is 30.0 Å². The fraction of sp³-hybridized carbons (Fsp3) is 0.312. The van der Waals surface area contributed by atoms with Crippen LogP contribution in [0.25, 0.3) is 0 Å². The monoisotopic (exact) mass is 285 g/mol. The molecule has 0 fully saturated rings. The number of Topliss-reactive ketones (excluding diaryl/α,β-unsaturated/α-hetero) is 1. The molecule has 1 aromatic heterocycles. The van der Waals surface area contributed by atoms with Crippen LogP contribution in [0.15, 0.2) is 30.5 Å². The molecule has 5 heteroatoms. The summed E-state index contributed by atoms with van der Waals surface area (Å²) in [7, 11) is 0. The Kier molecular flexibility index (Phi) is 3.20. The predicted octanol–water partition coefficient (Wildman–Crippen LogP) is 3.51. The van der Waals surface area contributed by atoms with Crippen LogP contribution >= 0.6 is 0 Å². The van der Waals surface area contributed by atoms with Crippen molar-refractivity contribution >= 4 is 17.4 Å². The molecular weight excluding hydrogens is 269 g/mol. The molecule has 0 aliphatic heterocycles. The van der Waals surface area contributed by atoms with Gasteiger partial charge in [0.1, 0.15) is 5.82 Å². The van der Waals surface area contributed by atoms with Gasteiger partial charge in [0.25, 0.3) is 0 Å². The number of carbonyl (C=O) groups excluding carboxylic acids is 1. The molecule has 0 unspecified atom stereocenters. The first-order valence-electron chi connectivity index (χ1n) is 6.85. The maximum absolute atomic E-state index is 13.2. The average Bonchev–Trinajstić information content (AvgIpc) is 2.36. The average molecular weight is 285 g/mol. The van der Waals surface area contributed by atoms with Crippen molar-refractivity contribution in [2.24, 2.45) is 5.41 Å². The number of aromatic nitrogens is 2. The molecule has 21 heavy (non-hydrogen) atoms. The summed E-state index contributed by atoms with van der Waals surface area (Å²) in [5.74, 6) is 0.137. The molecule has 0 bridgehead atoms. The quantitative estimate of drug-likeness (QED) is 0.917. The molecule has 0 saturated carbocycles. The first kappa shape index (κ1) is 13.7. The lowest BCUT2D eigenvalue weighted by molar-refractivity contribution is 0.0910. The van der Waals surface area contributed by atoms with Gasteiger partial charge >= 0.3 is 0 Å². The Bertz CT molecular complexity index is 712. The smallest absolute Gasteiger partial charge is 0.227 e. The third kappa shape index (κ3) is 2.91. The van der Waals surface area contributed by atoms with E-state index in [2.05, 4.69) is 29.1 Å². The number of nitrogens with zero attached hydrogens (tertiary/aromatic N) is 2. The molecule has 108 valence electrons. The third-order valence-electron chi connectivity index (χ3n) is 3.53.